The molecule has 7 heteroatoms. The fourth-order valence-electron chi connectivity index (χ4n) is 4.61. The van der Waals surface area contributed by atoms with Crippen molar-refractivity contribution in [3.63, 3.8) is 0 Å². The molecule has 0 unspecified atom stereocenters. The molecule has 0 fully saturated rings. The van der Waals surface area contributed by atoms with Gasteiger partial charge in [-0.3, -0.25) is 4.79 Å². The topological polar surface area (TPSA) is 87.4 Å². The Morgan fingerprint density at radius 2 is 1.76 bits per heavy atom. The number of phenols is 1. The lowest BCUT2D eigenvalue weighted by Crippen LogP contribution is -2.36. The van der Waals surface area contributed by atoms with Gasteiger partial charge in [-0.25, -0.2) is 0 Å². The summed E-state index contributed by atoms with van der Waals surface area (Å²) in [4.78, 5) is 13.2. The first kappa shape index (κ1) is 30.2. The fraction of sp³-hybridized carbons (Fsp3) is 0.500. The van der Waals surface area contributed by atoms with E-state index < -0.39 is 0 Å². The third kappa shape index (κ3) is 7.05. The smallest absolute Gasteiger partial charge is 0.202 e. The van der Waals surface area contributed by atoms with Crippen molar-refractivity contribution in [2.24, 2.45) is 11.8 Å². The maximum Gasteiger partial charge on any atom is 0.202 e. The predicted octanol–water partition coefficient (Wildman–Crippen LogP) is 6.14. The molecule has 0 aliphatic carbocycles. The SMILES string of the molecule is C/C=C(C)/C=C/C=C\[C@H](OC)[C@H](C)[C@H](OC)[C@@H](C)CCc1oc2c(O)c(OC)cc(OC)c2c(=O)c1C. The zero-order valence-electron chi connectivity index (χ0n) is 23.6. The summed E-state index contributed by atoms with van der Waals surface area (Å²) in [6.07, 6.45) is 11.1. The van der Waals surface area contributed by atoms with E-state index in [0.29, 0.717) is 29.9 Å². The Labute approximate surface area is 220 Å². The van der Waals surface area contributed by atoms with Gasteiger partial charge in [0.15, 0.2) is 16.8 Å². The van der Waals surface area contributed by atoms with Crippen LogP contribution in [0.25, 0.3) is 11.0 Å². The average Bonchev–Trinajstić information content (AvgIpc) is 2.90. The summed E-state index contributed by atoms with van der Waals surface area (Å²) in [5.74, 6) is 0.995. The van der Waals surface area contributed by atoms with Crippen LogP contribution in [0, 0.1) is 18.8 Å². The van der Waals surface area contributed by atoms with Crippen molar-refractivity contribution in [1.82, 2.24) is 0 Å². The Morgan fingerprint density at radius 1 is 1.08 bits per heavy atom. The molecule has 1 aromatic heterocycles. The van der Waals surface area contributed by atoms with Gasteiger partial charge in [-0.1, -0.05) is 49.8 Å². The van der Waals surface area contributed by atoms with Gasteiger partial charge in [0.2, 0.25) is 5.75 Å². The van der Waals surface area contributed by atoms with Gasteiger partial charge in [0, 0.05) is 38.2 Å². The van der Waals surface area contributed by atoms with E-state index in [1.165, 1.54) is 25.9 Å². The maximum absolute atomic E-state index is 13.2. The highest BCUT2D eigenvalue weighted by Gasteiger charge is 2.29. The van der Waals surface area contributed by atoms with E-state index in [1.807, 2.05) is 31.2 Å². The summed E-state index contributed by atoms with van der Waals surface area (Å²) in [7, 11) is 6.31. The van der Waals surface area contributed by atoms with E-state index in [9.17, 15) is 9.90 Å². The van der Waals surface area contributed by atoms with E-state index in [1.54, 1.807) is 21.1 Å². The monoisotopic (exact) mass is 514 g/mol. The van der Waals surface area contributed by atoms with Crippen molar-refractivity contribution in [2.45, 2.75) is 59.7 Å². The van der Waals surface area contributed by atoms with Crippen molar-refractivity contribution in [3.8, 4) is 17.2 Å². The third-order valence-corrected chi connectivity index (χ3v) is 7.03. The molecular weight excluding hydrogens is 472 g/mol. The highest BCUT2D eigenvalue weighted by molar-refractivity contribution is 5.91. The summed E-state index contributed by atoms with van der Waals surface area (Å²) in [6, 6.07) is 1.48. The van der Waals surface area contributed by atoms with Crippen LogP contribution in [0.5, 0.6) is 17.2 Å². The summed E-state index contributed by atoms with van der Waals surface area (Å²) in [5.41, 5.74) is 1.51. The number of allylic oxidation sites excluding steroid dienone is 5. The molecular formula is C30H42O7. The van der Waals surface area contributed by atoms with Crippen LogP contribution in [0.1, 0.15) is 45.4 Å². The van der Waals surface area contributed by atoms with Crippen LogP contribution >= 0.6 is 0 Å². The highest BCUT2D eigenvalue weighted by Crippen LogP contribution is 2.40. The van der Waals surface area contributed by atoms with Gasteiger partial charge in [-0.05, 0) is 33.1 Å². The quantitative estimate of drug-likeness (QED) is 0.321. The van der Waals surface area contributed by atoms with Crippen molar-refractivity contribution in [3.05, 3.63) is 63.6 Å². The van der Waals surface area contributed by atoms with Gasteiger partial charge in [0.1, 0.15) is 16.9 Å². The first-order chi connectivity index (χ1) is 17.6. The maximum atomic E-state index is 13.2. The van der Waals surface area contributed by atoms with Crippen molar-refractivity contribution in [2.75, 3.05) is 28.4 Å². The molecule has 4 atom stereocenters. The second kappa shape index (κ2) is 14.1. The highest BCUT2D eigenvalue weighted by atomic mass is 16.5. The number of phenolic OH excluding ortho intramolecular Hbond substituents is 1. The summed E-state index contributed by atoms with van der Waals surface area (Å²) in [6.45, 7) is 10.0. The Bertz CT molecular complexity index is 1190. The fourth-order valence-corrected chi connectivity index (χ4v) is 4.61. The zero-order valence-corrected chi connectivity index (χ0v) is 23.6. The number of rotatable bonds is 13. The molecule has 0 bridgehead atoms. The van der Waals surface area contributed by atoms with Crippen molar-refractivity contribution >= 4 is 11.0 Å². The molecule has 0 aliphatic heterocycles. The van der Waals surface area contributed by atoms with Gasteiger partial charge >= 0.3 is 0 Å². The molecule has 0 saturated carbocycles. The van der Waals surface area contributed by atoms with Crippen LogP contribution in [0.15, 0.2) is 51.2 Å². The van der Waals surface area contributed by atoms with E-state index >= 15 is 0 Å². The molecule has 0 aliphatic rings. The Hall–Kier alpha value is -3.03. The van der Waals surface area contributed by atoms with Gasteiger partial charge in [-0.15, -0.1) is 0 Å². The number of hydrogen-bond acceptors (Lipinski definition) is 7. The molecule has 7 nitrogen and oxygen atoms in total. The first-order valence-corrected chi connectivity index (χ1v) is 12.6. The normalized spacial score (nSPS) is 15.9. The number of fused-ring (bicyclic) bond motifs is 1. The minimum Gasteiger partial charge on any atom is -0.502 e. The standard InChI is InChI=1S/C30H42O7/c1-10-18(2)13-11-12-14-22(33-6)21(5)29(36-9)19(3)15-16-23-20(4)27(31)26-24(34-7)17-25(35-8)28(32)30(26)37-23/h10-14,17,19,21-22,29,32H,15-16H2,1-9H3/b13-11+,14-12-,18-10+/t19-,21-,22-,29+/m0/s1. The molecule has 1 heterocycles. The van der Waals surface area contributed by atoms with Crippen LogP contribution in [0.3, 0.4) is 0 Å². The molecule has 0 spiro atoms. The van der Waals surface area contributed by atoms with Crippen LogP contribution in [-0.2, 0) is 15.9 Å². The first-order valence-electron chi connectivity index (χ1n) is 12.6. The molecule has 0 amide bonds. The van der Waals surface area contributed by atoms with Gasteiger partial charge in [0.25, 0.3) is 0 Å². The lowest BCUT2D eigenvalue weighted by Gasteiger charge is -2.32. The Balaban J connectivity index is 2.27. The largest absolute Gasteiger partial charge is 0.502 e. The molecule has 1 aromatic carbocycles. The summed E-state index contributed by atoms with van der Waals surface area (Å²) in [5, 5.41) is 10.8. The average molecular weight is 515 g/mol. The summed E-state index contributed by atoms with van der Waals surface area (Å²) >= 11 is 0. The lowest BCUT2D eigenvalue weighted by atomic mass is 9.85. The van der Waals surface area contributed by atoms with Crippen LogP contribution in [-0.4, -0.2) is 45.8 Å². The minimum atomic E-state index is -0.235. The number of benzene rings is 1. The number of ether oxygens (including phenoxy) is 4. The van der Waals surface area contributed by atoms with Crippen molar-refractivity contribution < 1.29 is 28.5 Å². The number of hydrogen-bond donors (Lipinski definition) is 1. The van der Waals surface area contributed by atoms with E-state index in [-0.39, 0.29) is 51.9 Å². The molecule has 0 saturated heterocycles. The Morgan fingerprint density at radius 3 is 2.32 bits per heavy atom. The predicted molar refractivity (Wildman–Crippen MR) is 148 cm³/mol. The van der Waals surface area contributed by atoms with Crippen molar-refractivity contribution in [1.29, 1.82) is 0 Å². The minimum absolute atomic E-state index is 0.0666. The molecule has 204 valence electrons. The molecule has 0 radical (unpaired) electrons. The van der Waals surface area contributed by atoms with Gasteiger partial charge < -0.3 is 28.5 Å². The van der Waals surface area contributed by atoms with E-state index in [0.717, 1.165) is 0 Å². The Kier molecular flexibility index (Phi) is 11.5. The van der Waals surface area contributed by atoms with Crippen LogP contribution < -0.4 is 14.9 Å². The second-order valence-electron chi connectivity index (χ2n) is 9.37. The lowest BCUT2D eigenvalue weighted by molar-refractivity contribution is -0.0343. The molecule has 2 aromatic rings. The molecule has 37 heavy (non-hydrogen) atoms. The third-order valence-electron chi connectivity index (χ3n) is 7.03. The van der Waals surface area contributed by atoms with Crippen LogP contribution in [0.4, 0.5) is 0 Å². The number of aryl methyl sites for hydroxylation is 1. The molecule has 1 N–H and O–H groups in total. The number of aromatic hydroxyl groups is 1. The van der Waals surface area contributed by atoms with Gasteiger partial charge in [-0.2, -0.15) is 0 Å². The second-order valence-corrected chi connectivity index (χ2v) is 9.37. The van der Waals surface area contributed by atoms with Crippen LogP contribution in [0.2, 0.25) is 0 Å². The van der Waals surface area contributed by atoms with Gasteiger partial charge in [0.05, 0.1) is 26.4 Å². The zero-order chi connectivity index (χ0) is 27.7. The number of methoxy groups -OCH3 is 4. The summed E-state index contributed by atoms with van der Waals surface area (Å²) < 4.78 is 28.3. The molecule has 2 rings (SSSR count). The van der Waals surface area contributed by atoms with E-state index in [4.69, 9.17) is 23.4 Å². The van der Waals surface area contributed by atoms with E-state index in [2.05, 4.69) is 26.8 Å².